The van der Waals surface area contributed by atoms with Gasteiger partial charge in [-0.15, -0.1) is 0 Å². The standard InChI is InChI=1S/C29H30ClFN4O4/c1-28(2,3)39-27(36)35-16-29(17-35)11-13-34(14-12-29)24-18-7-5-9-21(23(18)33-26(30)19(24)15-32)38-25-20(31)8-6-10-22(25)37-4/h5-10H,11-14,16-17H2,1-4H3. The normalized spacial score (nSPS) is 16.5. The molecule has 1 amide bonds. The van der Waals surface area contributed by atoms with E-state index in [1.54, 1.807) is 23.1 Å². The predicted octanol–water partition coefficient (Wildman–Crippen LogP) is 6.54. The number of para-hydroxylation sites is 2. The van der Waals surface area contributed by atoms with E-state index in [2.05, 4.69) is 16.0 Å². The Hall–Kier alpha value is -3.77. The number of halogens is 2. The molecule has 0 bridgehead atoms. The fourth-order valence-electron chi connectivity index (χ4n) is 5.32. The highest BCUT2D eigenvalue weighted by molar-refractivity contribution is 6.32. The number of likely N-dealkylation sites (tertiary alicyclic amines) is 1. The third kappa shape index (κ3) is 5.13. The summed E-state index contributed by atoms with van der Waals surface area (Å²) in [4.78, 5) is 20.8. The van der Waals surface area contributed by atoms with Gasteiger partial charge in [-0.3, -0.25) is 0 Å². The van der Waals surface area contributed by atoms with Gasteiger partial charge in [-0.25, -0.2) is 14.2 Å². The number of amides is 1. The first kappa shape index (κ1) is 26.8. The molecule has 2 aliphatic heterocycles. The van der Waals surface area contributed by atoms with Crippen LogP contribution in [0, 0.1) is 22.6 Å². The SMILES string of the molecule is COc1cccc(F)c1Oc1cccc2c(N3CCC4(CC3)CN(C(=O)OC(C)(C)C)C4)c(C#N)c(Cl)nc12. The number of rotatable bonds is 4. The van der Waals surface area contributed by atoms with Gasteiger partial charge in [-0.1, -0.05) is 29.8 Å². The summed E-state index contributed by atoms with van der Waals surface area (Å²) in [5.41, 5.74) is 0.879. The van der Waals surface area contributed by atoms with Gasteiger partial charge in [-0.2, -0.15) is 5.26 Å². The zero-order valence-electron chi connectivity index (χ0n) is 22.4. The van der Waals surface area contributed by atoms with E-state index < -0.39 is 11.4 Å². The average Bonchev–Trinajstić information content (AvgIpc) is 2.87. The van der Waals surface area contributed by atoms with Crippen LogP contribution in [0.4, 0.5) is 14.9 Å². The van der Waals surface area contributed by atoms with Crippen molar-refractivity contribution >= 4 is 34.3 Å². The van der Waals surface area contributed by atoms with Gasteiger partial charge in [0.15, 0.2) is 17.3 Å². The maximum Gasteiger partial charge on any atom is 0.410 e. The van der Waals surface area contributed by atoms with Gasteiger partial charge in [0.25, 0.3) is 0 Å². The summed E-state index contributed by atoms with van der Waals surface area (Å²) in [7, 11) is 1.44. The molecule has 0 aliphatic carbocycles. The molecule has 0 radical (unpaired) electrons. The number of piperidine rings is 1. The Kier molecular flexibility index (Phi) is 6.93. The van der Waals surface area contributed by atoms with Crippen LogP contribution in [0.15, 0.2) is 36.4 Å². The molecule has 1 aromatic heterocycles. The second-order valence-electron chi connectivity index (χ2n) is 11.1. The molecular formula is C29H30ClFN4O4. The Labute approximate surface area is 231 Å². The number of hydrogen-bond acceptors (Lipinski definition) is 7. The Balaban J connectivity index is 1.42. The lowest BCUT2D eigenvalue weighted by molar-refractivity contribution is -0.0434. The highest BCUT2D eigenvalue weighted by Crippen LogP contribution is 2.45. The third-order valence-electron chi connectivity index (χ3n) is 7.23. The van der Waals surface area contributed by atoms with E-state index in [1.165, 1.54) is 19.2 Å². The minimum Gasteiger partial charge on any atom is -0.493 e. The van der Waals surface area contributed by atoms with Gasteiger partial charge < -0.3 is 24.0 Å². The molecule has 204 valence electrons. The summed E-state index contributed by atoms with van der Waals surface area (Å²) in [5, 5.41) is 10.7. The number of aromatic nitrogens is 1. The van der Waals surface area contributed by atoms with Crippen LogP contribution < -0.4 is 14.4 Å². The summed E-state index contributed by atoms with van der Waals surface area (Å²) in [6.45, 7) is 8.25. The van der Waals surface area contributed by atoms with E-state index >= 15 is 0 Å². The molecule has 2 saturated heterocycles. The molecule has 3 aromatic rings. The van der Waals surface area contributed by atoms with Gasteiger partial charge in [0.2, 0.25) is 5.75 Å². The maximum absolute atomic E-state index is 14.6. The smallest absolute Gasteiger partial charge is 0.410 e. The first-order valence-electron chi connectivity index (χ1n) is 12.8. The first-order valence-corrected chi connectivity index (χ1v) is 13.2. The number of nitriles is 1. The summed E-state index contributed by atoms with van der Waals surface area (Å²) >= 11 is 6.52. The van der Waals surface area contributed by atoms with Crippen molar-refractivity contribution in [3.8, 4) is 23.3 Å². The lowest BCUT2D eigenvalue weighted by Gasteiger charge is -2.54. The number of methoxy groups -OCH3 is 1. The van der Waals surface area contributed by atoms with Crippen molar-refractivity contribution in [3.63, 3.8) is 0 Å². The maximum atomic E-state index is 14.6. The van der Waals surface area contributed by atoms with Gasteiger partial charge in [0.05, 0.1) is 12.8 Å². The molecular weight excluding hydrogens is 523 g/mol. The average molecular weight is 553 g/mol. The van der Waals surface area contributed by atoms with Crippen molar-refractivity contribution in [2.75, 3.05) is 38.2 Å². The zero-order valence-corrected chi connectivity index (χ0v) is 23.1. The van der Waals surface area contributed by atoms with Crippen LogP contribution in [-0.4, -0.2) is 54.9 Å². The van der Waals surface area contributed by atoms with Gasteiger partial charge in [-0.05, 0) is 51.8 Å². The molecule has 0 unspecified atom stereocenters. The number of nitrogens with zero attached hydrogens (tertiary/aromatic N) is 4. The fraction of sp³-hybridized carbons (Fsp3) is 0.414. The first-order chi connectivity index (χ1) is 18.5. The molecule has 2 aliphatic rings. The molecule has 39 heavy (non-hydrogen) atoms. The largest absolute Gasteiger partial charge is 0.493 e. The predicted molar refractivity (Wildman–Crippen MR) is 146 cm³/mol. The Morgan fingerprint density at radius 3 is 2.44 bits per heavy atom. The minimum absolute atomic E-state index is 0.0303. The Morgan fingerprint density at radius 2 is 1.79 bits per heavy atom. The van der Waals surface area contributed by atoms with Crippen molar-refractivity contribution < 1.29 is 23.4 Å². The van der Waals surface area contributed by atoms with Crippen LogP contribution >= 0.6 is 11.6 Å². The monoisotopic (exact) mass is 552 g/mol. The van der Waals surface area contributed by atoms with E-state index in [0.717, 1.165) is 12.8 Å². The number of anilines is 1. The van der Waals surface area contributed by atoms with Crippen molar-refractivity contribution in [2.45, 2.75) is 39.2 Å². The van der Waals surface area contributed by atoms with Gasteiger partial charge in [0, 0.05) is 37.0 Å². The van der Waals surface area contributed by atoms with Crippen molar-refractivity contribution in [2.24, 2.45) is 5.41 Å². The molecule has 0 atom stereocenters. The van der Waals surface area contributed by atoms with Gasteiger partial charge >= 0.3 is 6.09 Å². The van der Waals surface area contributed by atoms with Crippen LogP contribution in [0.3, 0.4) is 0 Å². The number of hydrogen-bond donors (Lipinski definition) is 0. The van der Waals surface area contributed by atoms with Crippen LogP contribution in [0.1, 0.15) is 39.2 Å². The topological polar surface area (TPSA) is 87.9 Å². The second kappa shape index (κ2) is 10.1. The Morgan fingerprint density at radius 1 is 1.13 bits per heavy atom. The number of carbonyl (C=O) groups excluding carboxylic acids is 1. The molecule has 0 saturated carbocycles. The number of pyridine rings is 1. The van der Waals surface area contributed by atoms with Crippen molar-refractivity contribution in [1.29, 1.82) is 5.26 Å². The zero-order chi connectivity index (χ0) is 27.9. The molecule has 5 rings (SSSR count). The molecule has 2 aromatic carbocycles. The molecule has 3 heterocycles. The van der Waals surface area contributed by atoms with Crippen LogP contribution in [0.25, 0.3) is 10.9 Å². The third-order valence-corrected chi connectivity index (χ3v) is 7.50. The number of carbonyl (C=O) groups is 1. The highest BCUT2D eigenvalue weighted by Gasteiger charge is 2.48. The summed E-state index contributed by atoms with van der Waals surface area (Å²) in [5.74, 6) is -0.0948. The summed E-state index contributed by atoms with van der Waals surface area (Å²) in [6, 6.07) is 12.0. The number of fused-ring (bicyclic) bond motifs is 1. The number of ether oxygens (including phenoxy) is 3. The fourth-order valence-corrected chi connectivity index (χ4v) is 5.54. The van der Waals surface area contributed by atoms with E-state index in [0.29, 0.717) is 48.5 Å². The quantitative estimate of drug-likeness (QED) is 0.340. The molecule has 8 nitrogen and oxygen atoms in total. The van der Waals surface area contributed by atoms with Gasteiger partial charge in [0.1, 0.15) is 27.9 Å². The summed E-state index contributed by atoms with van der Waals surface area (Å²) in [6.07, 6.45) is 1.41. The van der Waals surface area contributed by atoms with E-state index in [4.69, 9.17) is 25.8 Å². The summed E-state index contributed by atoms with van der Waals surface area (Å²) < 4.78 is 31.4. The lowest BCUT2D eigenvalue weighted by Crippen LogP contribution is -2.62. The van der Waals surface area contributed by atoms with Crippen molar-refractivity contribution in [3.05, 3.63) is 52.9 Å². The van der Waals surface area contributed by atoms with E-state index in [-0.39, 0.29) is 33.7 Å². The van der Waals surface area contributed by atoms with Crippen LogP contribution in [0.5, 0.6) is 17.2 Å². The minimum atomic E-state index is -0.575. The Bertz CT molecular complexity index is 1470. The highest BCUT2D eigenvalue weighted by atomic mass is 35.5. The molecule has 1 spiro atoms. The van der Waals surface area contributed by atoms with E-state index in [9.17, 15) is 14.4 Å². The molecule has 10 heteroatoms. The van der Waals surface area contributed by atoms with Crippen LogP contribution in [0.2, 0.25) is 5.15 Å². The van der Waals surface area contributed by atoms with Crippen molar-refractivity contribution in [1.82, 2.24) is 9.88 Å². The van der Waals surface area contributed by atoms with E-state index in [1.807, 2.05) is 26.8 Å². The molecule has 0 N–H and O–H groups in total. The number of benzene rings is 2. The molecule has 2 fully saturated rings. The lowest BCUT2D eigenvalue weighted by atomic mass is 9.72. The second-order valence-corrected chi connectivity index (χ2v) is 11.4. The van der Waals surface area contributed by atoms with Crippen LogP contribution in [-0.2, 0) is 4.74 Å².